The number of anilines is 1. The minimum atomic E-state index is -0.586. The van der Waals surface area contributed by atoms with Crippen molar-refractivity contribution in [3.63, 3.8) is 0 Å². The van der Waals surface area contributed by atoms with Gasteiger partial charge in [0, 0.05) is 17.3 Å². The van der Waals surface area contributed by atoms with Gasteiger partial charge < -0.3 is 30.0 Å². The fraction of sp³-hybridized carbons (Fsp3) is 0.222. The highest BCUT2D eigenvalue weighted by Crippen LogP contribution is 2.38. The van der Waals surface area contributed by atoms with E-state index >= 15 is 0 Å². The van der Waals surface area contributed by atoms with Gasteiger partial charge in [-0.1, -0.05) is 6.07 Å². The lowest BCUT2D eigenvalue weighted by atomic mass is 10.1. The summed E-state index contributed by atoms with van der Waals surface area (Å²) in [6.07, 6.45) is 0. The zero-order valence-corrected chi connectivity index (χ0v) is 14.7. The summed E-state index contributed by atoms with van der Waals surface area (Å²) in [7, 11) is 4.43. The van der Waals surface area contributed by atoms with Crippen molar-refractivity contribution in [3.8, 4) is 23.0 Å². The molecule has 2 amide bonds. The molecule has 0 radical (unpaired) electrons. The first-order valence-electron chi connectivity index (χ1n) is 7.61. The Morgan fingerprint density at radius 2 is 1.65 bits per heavy atom. The number of rotatable bonds is 8. The van der Waals surface area contributed by atoms with Gasteiger partial charge in [-0.15, -0.1) is 0 Å². The number of amides is 2. The number of nitrogens with two attached hydrogens (primary N) is 1. The molecule has 0 saturated heterocycles. The van der Waals surface area contributed by atoms with Crippen LogP contribution in [-0.2, 0) is 4.79 Å². The highest BCUT2D eigenvalue weighted by Gasteiger charge is 2.17. The van der Waals surface area contributed by atoms with Crippen molar-refractivity contribution in [2.45, 2.75) is 0 Å². The summed E-state index contributed by atoms with van der Waals surface area (Å²) in [5.74, 6) is 0.583. The Morgan fingerprint density at radius 1 is 1.00 bits per heavy atom. The lowest BCUT2D eigenvalue weighted by Gasteiger charge is -2.14. The van der Waals surface area contributed by atoms with Crippen LogP contribution >= 0.6 is 0 Å². The van der Waals surface area contributed by atoms with Crippen molar-refractivity contribution < 1.29 is 28.5 Å². The van der Waals surface area contributed by atoms with E-state index in [1.807, 2.05) is 0 Å². The summed E-state index contributed by atoms with van der Waals surface area (Å²) >= 11 is 0. The molecular formula is C18H20N2O6. The maximum atomic E-state index is 12.5. The molecule has 2 aromatic rings. The molecule has 138 valence electrons. The van der Waals surface area contributed by atoms with Crippen LogP contribution in [0.15, 0.2) is 36.4 Å². The molecule has 26 heavy (non-hydrogen) atoms. The monoisotopic (exact) mass is 360 g/mol. The molecule has 0 bridgehead atoms. The van der Waals surface area contributed by atoms with Crippen molar-refractivity contribution >= 4 is 17.5 Å². The topological polar surface area (TPSA) is 109 Å². The van der Waals surface area contributed by atoms with E-state index in [1.54, 1.807) is 36.4 Å². The molecule has 0 spiro atoms. The molecule has 2 aromatic carbocycles. The van der Waals surface area contributed by atoms with E-state index in [4.69, 9.17) is 24.7 Å². The highest BCUT2D eigenvalue weighted by atomic mass is 16.5. The minimum Gasteiger partial charge on any atom is -0.493 e. The lowest BCUT2D eigenvalue weighted by Crippen LogP contribution is -2.20. The maximum Gasteiger partial charge on any atom is 0.255 e. The number of carbonyl (C=O) groups is 2. The highest BCUT2D eigenvalue weighted by molar-refractivity contribution is 6.05. The van der Waals surface area contributed by atoms with Gasteiger partial charge in [0.1, 0.15) is 5.75 Å². The molecule has 2 rings (SSSR count). The third-order valence-corrected chi connectivity index (χ3v) is 3.40. The van der Waals surface area contributed by atoms with Crippen LogP contribution in [0.5, 0.6) is 23.0 Å². The molecule has 0 aliphatic rings. The van der Waals surface area contributed by atoms with Gasteiger partial charge in [0.05, 0.1) is 21.3 Å². The largest absolute Gasteiger partial charge is 0.493 e. The van der Waals surface area contributed by atoms with E-state index in [-0.39, 0.29) is 12.5 Å². The van der Waals surface area contributed by atoms with Crippen molar-refractivity contribution in [2.24, 2.45) is 5.73 Å². The summed E-state index contributed by atoms with van der Waals surface area (Å²) in [4.78, 5) is 23.3. The smallest absolute Gasteiger partial charge is 0.255 e. The molecule has 3 N–H and O–H groups in total. The second-order valence-corrected chi connectivity index (χ2v) is 5.15. The first-order chi connectivity index (χ1) is 12.5. The summed E-state index contributed by atoms with van der Waals surface area (Å²) in [5, 5.41) is 2.74. The standard InChI is InChI=1S/C18H20N2O6/c1-23-14-7-11(8-15(24-2)17(14)25-3)18(22)20-12-5-4-6-13(9-12)26-10-16(19)21/h4-9H,10H2,1-3H3,(H2,19,21)(H,20,22). The van der Waals surface area contributed by atoms with Crippen molar-refractivity contribution in [1.29, 1.82) is 0 Å². The van der Waals surface area contributed by atoms with Gasteiger partial charge >= 0.3 is 0 Å². The van der Waals surface area contributed by atoms with Crippen LogP contribution in [0.25, 0.3) is 0 Å². The molecule has 0 aliphatic carbocycles. The normalized spacial score (nSPS) is 9.96. The molecule has 0 fully saturated rings. The number of hydrogen-bond donors (Lipinski definition) is 2. The van der Waals surface area contributed by atoms with Gasteiger partial charge in [0.2, 0.25) is 5.75 Å². The van der Waals surface area contributed by atoms with Crippen molar-refractivity contribution in [2.75, 3.05) is 33.3 Å². The summed E-state index contributed by atoms with van der Waals surface area (Å²) < 4.78 is 20.9. The molecule has 0 atom stereocenters. The zero-order chi connectivity index (χ0) is 19.1. The lowest BCUT2D eigenvalue weighted by molar-refractivity contribution is -0.119. The number of nitrogens with one attached hydrogen (secondary N) is 1. The Labute approximate surface area is 150 Å². The average molecular weight is 360 g/mol. The van der Waals surface area contributed by atoms with E-state index in [0.29, 0.717) is 34.2 Å². The van der Waals surface area contributed by atoms with Gasteiger partial charge in [0.25, 0.3) is 11.8 Å². The molecule has 0 unspecified atom stereocenters. The quantitative estimate of drug-likeness (QED) is 0.743. The number of methoxy groups -OCH3 is 3. The van der Waals surface area contributed by atoms with E-state index in [0.717, 1.165) is 0 Å². The Bertz CT molecular complexity index is 781. The van der Waals surface area contributed by atoms with Crippen molar-refractivity contribution in [1.82, 2.24) is 0 Å². The Morgan fingerprint density at radius 3 is 2.19 bits per heavy atom. The van der Waals surface area contributed by atoms with Gasteiger partial charge in [-0.05, 0) is 24.3 Å². The van der Waals surface area contributed by atoms with Crippen LogP contribution in [0.1, 0.15) is 10.4 Å². The number of benzene rings is 2. The van der Waals surface area contributed by atoms with Crippen LogP contribution in [0, 0.1) is 0 Å². The number of primary amides is 1. The number of carbonyl (C=O) groups excluding carboxylic acids is 2. The molecular weight excluding hydrogens is 340 g/mol. The Kier molecular flexibility index (Phi) is 6.26. The maximum absolute atomic E-state index is 12.5. The number of hydrogen-bond acceptors (Lipinski definition) is 6. The van der Waals surface area contributed by atoms with E-state index < -0.39 is 5.91 Å². The van der Waals surface area contributed by atoms with E-state index in [1.165, 1.54) is 21.3 Å². The van der Waals surface area contributed by atoms with Crippen LogP contribution < -0.4 is 30.0 Å². The second-order valence-electron chi connectivity index (χ2n) is 5.15. The van der Waals surface area contributed by atoms with E-state index in [2.05, 4.69) is 5.32 Å². The predicted octanol–water partition coefficient (Wildman–Crippen LogP) is 1.83. The van der Waals surface area contributed by atoms with Gasteiger partial charge in [-0.3, -0.25) is 9.59 Å². The fourth-order valence-electron chi connectivity index (χ4n) is 2.23. The molecule has 0 aromatic heterocycles. The first kappa shape index (κ1) is 18.9. The van der Waals surface area contributed by atoms with Crippen LogP contribution in [0.2, 0.25) is 0 Å². The van der Waals surface area contributed by atoms with Crippen LogP contribution in [0.3, 0.4) is 0 Å². The first-order valence-corrected chi connectivity index (χ1v) is 7.61. The van der Waals surface area contributed by atoms with Crippen LogP contribution in [0.4, 0.5) is 5.69 Å². The second kappa shape index (κ2) is 8.61. The predicted molar refractivity (Wildman–Crippen MR) is 95.2 cm³/mol. The summed E-state index contributed by atoms with van der Waals surface area (Å²) in [6, 6.07) is 9.69. The zero-order valence-electron chi connectivity index (χ0n) is 14.7. The Balaban J connectivity index is 2.22. The van der Waals surface area contributed by atoms with Gasteiger partial charge in [-0.2, -0.15) is 0 Å². The van der Waals surface area contributed by atoms with E-state index in [9.17, 15) is 9.59 Å². The molecule has 8 nitrogen and oxygen atoms in total. The number of ether oxygens (including phenoxy) is 4. The SMILES string of the molecule is COc1cc(C(=O)Nc2cccc(OCC(N)=O)c2)cc(OC)c1OC. The minimum absolute atomic E-state index is 0.246. The fourth-order valence-corrected chi connectivity index (χ4v) is 2.23. The summed E-state index contributed by atoms with van der Waals surface area (Å²) in [5.41, 5.74) is 5.86. The molecule has 8 heteroatoms. The molecule has 0 aliphatic heterocycles. The summed E-state index contributed by atoms with van der Waals surface area (Å²) in [6.45, 7) is -0.246. The molecule has 0 heterocycles. The third kappa shape index (κ3) is 4.56. The molecule has 0 saturated carbocycles. The van der Waals surface area contributed by atoms with Gasteiger partial charge in [0.15, 0.2) is 18.1 Å². The van der Waals surface area contributed by atoms with Crippen LogP contribution in [-0.4, -0.2) is 39.8 Å². The third-order valence-electron chi connectivity index (χ3n) is 3.40. The Hall–Kier alpha value is -3.42. The average Bonchev–Trinajstić information content (AvgIpc) is 2.65. The van der Waals surface area contributed by atoms with Crippen molar-refractivity contribution in [3.05, 3.63) is 42.0 Å². The van der Waals surface area contributed by atoms with Gasteiger partial charge in [-0.25, -0.2) is 0 Å².